The molecule has 0 heterocycles. The number of hydrogen-bond acceptors (Lipinski definition) is 4. The summed E-state index contributed by atoms with van der Waals surface area (Å²) in [5.41, 5.74) is 0.891. The smallest absolute Gasteiger partial charge is 0.342 e. The van der Waals surface area contributed by atoms with E-state index in [2.05, 4.69) is 5.32 Å². The van der Waals surface area contributed by atoms with Gasteiger partial charge in [-0.15, -0.1) is 0 Å². The summed E-state index contributed by atoms with van der Waals surface area (Å²) < 4.78 is 4.90. The predicted octanol–water partition coefficient (Wildman–Crippen LogP) is 2.02. The van der Waals surface area contributed by atoms with Crippen molar-refractivity contribution in [3.63, 3.8) is 0 Å². The lowest BCUT2D eigenvalue weighted by Crippen LogP contribution is -2.38. The molecule has 20 heavy (non-hydrogen) atoms. The summed E-state index contributed by atoms with van der Waals surface area (Å²) >= 11 is 0. The maximum Gasteiger partial charge on any atom is 0.342 e. The van der Waals surface area contributed by atoms with E-state index in [1.54, 1.807) is 13.0 Å². The first-order chi connectivity index (χ1) is 9.31. The Balaban J connectivity index is 2.55. The number of ether oxygens (including phenoxy) is 1. The first-order valence-electron chi connectivity index (χ1n) is 6.57. The summed E-state index contributed by atoms with van der Waals surface area (Å²) in [6.45, 7) is 7.30. The molecule has 0 saturated carbocycles. The Morgan fingerprint density at radius 1 is 1.30 bits per heavy atom. The molecule has 0 fully saturated rings. The number of phenolic OH excluding ortho intramolecular Hbond substituents is 1. The van der Waals surface area contributed by atoms with Crippen LogP contribution in [0.25, 0.3) is 0 Å². The quantitative estimate of drug-likeness (QED) is 0.808. The molecule has 2 N–H and O–H groups in total. The van der Waals surface area contributed by atoms with E-state index in [4.69, 9.17) is 4.74 Å². The minimum atomic E-state index is -0.710. The lowest BCUT2D eigenvalue weighted by Gasteiger charge is -2.17. The summed E-state index contributed by atoms with van der Waals surface area (Å²) in [6.07, 6.45) is 0. The Kier molecular flexibility index (Phi) is 5.55. The molecule has 5 heteroatoms. The van der Waals surface area contributed by atoms with Crippen LogP contribution in [0.15, 0.2) is 18.2 Å². The van der Waals surface area contributed by atoms with Gasteiger partial charge < -0.3 is 15.2 Å². The van der Waals surface area contributed by atoms with Crippen LogP contribution in [0.2, 0.25) is 0 Å². The molecule has 5 nitrogen and oxygen atoms in total. The number of phenols is 1. The average Bonchev–Trinajstić information content (AvgIpc) is 2.38. The minimum Gasteiger partial charge on any atom is -0.507 e. The van der Waals surface area contributed by atoms with Gasteiger partial charge in [-0.05, 0) is 31.9 Å². The number of aromatic hydroxyl groups is 1. The first kappa shape index (κ1) is 16.0. The van der Waals surface area contributed by atoms with Crippen molar-refractivity contribution in [3.05, 3.63) is 29.3 Å². The van der Waals surface area contributed by atoms with E-state index in [0.29, 0.717) is 5.92 Å². The van der Waals surface area contributed by atoms with Gasteiger partial charge in [-0.1, -0.05) is 25.5 Å². The zero-order valence-corrected chi connectivity index (χ0v) is 12.3. The van der Waals surface area contributed by atoms with Gasteiger partial charge in [-0.25, -0.2) is 4.79 Å². The third-order valence-electron chi connectivity index (χ3n) is 3.09. The number of hydrogen-bond donors (Lipinski definition) is 2. The standard InChI is InChI=1S/C15H21NO4/c1-9(2)11(4)16-14(18)8-20-15(19)12-7-10(3)5-6-13(12)17/h5-7,9,11,17H,8H2,1-4H3,(H,16,18)/t11-/m1/s1. The van der Waals surface area contributed by atoms with Crippen molar-refractivity contribution < 1.29 is 19.4 Å². The zero-order chi connectivity index (χ0) is 15.3. The Labute approximate surface area is 118 Å². The number of rotatable bonds is 5. The van der Waals surface area contributed by atoms with Gasteiger partial charge in [0.05, 0.1) is 0 Å². The largest absolute Gasteiger partial charge is 0.507 e. The molecule has 1 aromatic rings. The fraction of sp³-hybridized carbons (Fsp3) is 0.467. The highest BCUT2D eigenvalue weighted by molar-refractivity contribution is 5.94. The average molecular weight is 279 g/mol. The molecular weight excluding hydrogens is 258 g/mol. The maximum atomic E-state index is 11.8. The molecule has 0 aliphatic carbocycles. The number of nitrogens with one attached hydrogen (secondary N) is 1. The van der Waals surface area contributed by atoms with Crippen LogP contribution in [-0.2, 0) is 9.53 Å². The molecule has 1 rings (SSSR count). The Bertz CT molecular complexity index is 497. The third-order valence-corrected chi connectivity index (χ3v) is 3.09. The summed E-state index contributed by atoms with van der Waals surface area (Å²) in [4.78, 5) is 23.4. The minimum absolute atomic E-state index is 0.00794. The van der Waals surface area contributed by atoms with Crippen LogP contribution < -0.4 is 5.32 Å². The van der Waals surface area contributed by atoms with Crippen molar-refractivity contribution in [1.82, 2.24) is 5.32 Å². The van der Waals surface area contributed by atoms with Crippen molar-refractivity contribution in [2.45, 2.75) is 33.7 Å². The van der Waals surface area contributed by atoms with Crippen molar-refractivity contribution >= 4 is 11.9 Å². The predicted molar refractivity (Wildman–Crippen MR) is 75.6 cm³/mol. The van der Waals surface area contributed by atoms with Crippen LogP contribution in [0.3, 0.4) is 0 Å². The molecule has 110 valence electrons. The van der Waals surface area contributed by atoms with Crippen LogP contribution in [0.5, 0.6) is 5.75 Å². The molecule has 0 unspecified atom stereocenters. The van der Waals surface area contributed by atoms with Crippen LogP contribution in [-0.4, -0.2) is 29.6 Å². The summed E-state index contributed by atoms with van der Waals surface area (Å²) in [6, 6.07) is 4.64. The summed E-state index contributed by atoms with van der Waals surface area (Å²) in [5, 5.41) is 12.3. The van der Waals surface area contributed by atoms with Crippen LogP contribution >= 0.6 is 0 Å². The summed E-state index contributed by atoms with van der Waals surface area (Å²) in [5.74, 6) is -0.919. The molecule has 0 aromatic heterocycles. The lowest BCUT2D eigenvalue weighted by molar-refractivity contribution is -0.125. The fourth-order valence-electron chi connectivity index (χ4n) is 1.48. The van der Waals surface area contributed by atoms with Crippen molar-refractivity contribution in [3.8, 4) is 5.75 Å². The normalized spacial score (nSPS) is 12.1. The van der Waals surface area contributed by atoms with Gasteiger partial charge in [-0.2, -0.15) is 0 Å². The maximum absolute atomic E-state index is 11.8. The van der Waals surface area contributed by atoms with Crippen molar-refractivity contribution in [2.24, 2.45) is 5.92 Å². The van der Waals surface area contributed by atoms with Crippen LogP contribution in [0.1, 0.15) is 36.7 Å². The van der Waals surface area contributed by atoms with Gasteiger partial charge in [0.1, 0.15) is 11.3 Å². The molecule has 1 aromatic carbocycles. The van der Waals surface area contributed by atoms with Gasteiger partial charge in [0, 0.05) is 6.04 Å². The fourth-order valence-corrected chi connectivity index (χ4v) is 1.48. The number of benzene rings is 1. The second-order valence-corrected chi connectivity index (χ2v) is 5.20. The highest BCUT2D eigenvalue weighted by Crippen LogP contribution is 2.18. The highest BCUT2D eigenvalue weighted by atomic mass is 16.5. The third kappa shape index (κ3) is 4.57. The van der Waals surface area contributed by atoms with Gasteiger partial charge in [0.2, 0.25) is 0 Å². The van der Waals surface area contributed by atoms with Gasteiger partial charge in [0.15, 0.2) is 6.61 Å². The van der Waals surface area contributed by atoms with Gasteiger partial charge in [0.25, 0.3) is 5.91 Å². The SMILES string of the molecule is Cc1ccc(O)c(C(=O)OCC(=O)N[C@H](C)C(C)C)c1. The molecular formula is C15H21NO4. The molecule has 0 saturated heterocycles. The number of carbonyl (C=O) groups is 2. The van der Waals surface area contributed by atoms with Crippen LogP contribution in [0.4, 0.5) is 0 Å². The number of carbonyl (C=O) groups excluding carboxylic acids is 2. The van der Waals surface area contributed by atoms with Crippen molar-refractivity contribution in [2.75, 3.05) is 6.61 Å². The van der Waals surface area contributed by atoms with Gasteiger partial charge in [-0.3, -0.25) is 4.79 Å². The Morgan fingerprint density at radius 3 is 2.55 bits per heavy atom. The Hall–Kier alpha value is -2.04. The lowest BCUT2D eigenvalue weighted by atomic mass is 10.1. The molecule has 1 amide bonds. The monoisotopic (exact) mass is 279 g/mol. The molecule has 0 bridgehead atoms. The van der Waals surface area contributed by atoms with E-state index in [1.807, 2.05) is 20.8 Å². The van der Waals surface area contributed by atoms with E-state index >= 15 is 0 Å². The van der Waals surface area contributed by atoms with E-state index in [9.17, 15) is 14.7 Å². The summed E-state index contributed by atoms with van der Waals surface area (Å²) in [7, 11) is 0. The topological polar surface area (TPSA) is 75.6 Å². The van der Waals surface area contributed by atoms with Crippen LogP contribution in [0, 0.1) is 12.8 Å². The van der Waals surface area contributed by atoms with E-state index in [-0.39, 0.29) is 29.9 Å². The number of esters is 1. The second kappa shape index (κ2) is 6.93. The Morgan fingerprint density at radius 2 is 1.95 bits per heavy atom. The van der Waals surface area contributed by atoms with E-state index in [1.165, 1.54) is 12.1 Å². The molecule has 0 spiro atoms. The van der Waals surface area contributed by atoms with Gasteiger partial charge >= 0.3 is 5.97 Å². The second-order valence-electron chi connectivity index (χ2n) is 5.20. The molecule has 0 radical (unpaired) electrons. The van der Waals surface area contributed by atoms with E-state index < -0.39 is 5.97 Å². The molecule has 0 aliphatic heterocycles. The van der Waals surface area contributed by atoms with Crippen molar-refractivity contribution in [1.29, 1.82) is 0 Å². The number of amides is 1. The number of aryl methyl sites for hydroxylation is 1. The highest BCUT2D eigenvalue weighted by Gasteiger charge is 2.16. The first-order valence-corrected chi connectivity index (χ1v) is 6.57. The van der Waals surface area contributed by atoms with E-state index in [0.717, 1.165) is 5.56 Å². The zero-order valence-electron chi connectivity index (χ0n) is 12.3. The molecule has 1 atom stereocenters. The molecule has 0 aliphatic rings.